The van der Waals surface area contributed by atoms with Crippen LogP contribution < -0.4 is 5.32 Å². The van der Waals surface area contributed by atoms with Crippen molar-refractivity contribution < 1.29 is 19.4 Å². The molecule has 1 heterocycles. The average Bonchev–Trinajstić information content (AvgIpc) is 2.79. The first-order valence-corrected chi connectivity index (χ1v) is 6.45. The van der Waals surface area contributed by atoms with Gasteiger partial charge in [0, 0.05) is 6.20 Å². The van der Waals surface area contributed by atoms with E-state index in [0.29, 0.717) is 4.47 Å². The number of carbonyl (C=O) groups is 2. The molecule has 0 aliphatic rings. The van der Waals surface area contributed by atoms with Crippen LogP contribution in [0.4, 0.5) is 10.5 Å². The van der Waals surface area contributed by atoms with Crippen LogP contribution in [0.1, 0.15) is 16.1 Å². The van der Waals surface area contributed by atoms with Gasteiger partial charge >= 0.3 is 12.1 Å². The molecule has 0 atom stereocenters. The monoisotopic (exact) mass is 338 g/mol. The van der Waals surface area contributed by atoms with Gasteiger partial charge in [0.2, 0.25) is 0 Å². The van der Waals surface area contributed by atoms with Crippen molar-refractivity contribution in [2.75, 3.05) is 5.32 Å². The van der Waals surface area contributed by atoms with Crippen molar-refractivity contribution in [3.05, 3.63) is 52.3 Å². The Bertz CT molecular complexity index is 625. The van der Waals surface area contributed by atoms with E-state index >= 15 is 0 Å². The smallest absolute Gasteiger partial charge is 0.412 e. The molecule has 2 rings (SSSR count). The molecule has 1 aromatic heterocycles. The topological polar surface area (TPSA) is 91.4 Å². The summed E-state index contributed by atoms with van der Waals surface area (Å²) in [4.78, 5) is 25.1. The Morgan fingerprint density at radius 1 is 1.30 bits per heavy atom. The second-order valence-electron chi connectivity index (χ2n) is 3.88. The molecule has 6 nitrogen and oxygen atoms in total. The van der Waals surface area contributed by atoms with Gasteiger partial charge in [-0.05, 0) is 21.5 Å². The number of hydrogen-bond donors (Lipinski definition) is 3. The molecule has 20 heavy (non-hydrogen) atoms. The zero-order valence-electron chi connectivity index (χ0n) is 10.2. The highest BCUT2D eigenvalue weighted by Gasteiger charge is 2.18. The second-order valence-corrected chi connectivity index (χ2v) is 4.73. The van der Waals surface area contributed by atoms with Crippen molar-refractivity contribution >= 4 is 33.7 Å². The van der Waals surface area contributed by atoms with Crippen LogP contribution in [0.25, 0.3) is 0 Å². The van der Waals surface area contributed by atoms with Gasteiger partial charge in [-0.3, -0.25) is 5.32 Å². The molecule has 1 amide bonds. The number of amides is 1. The zero-order chi connectivity index (χ0) is 14.5. The number of halogens is 1. The van der Waals surface area contributed by atoms with E-state index in [1.54, 1.807) is 0 Å². The van der Waals surface area contributed by atoms with Crippen molar-refractivity contribution in [2.24, 2.45) is 0 Å². The molecule has 1 aromatic carbocycles. The second kappa shape index (κ2) is 6.25. The SMILES string of the molecule is O=C(Nc1c(Br)c[nH]c1C(=O)O)OCc1ccccc1. The average molecular weight is 339 g/mol. The van der Waals surface area contributed by atoms with Crippen LogP contribution in [-0.4, -0.2) is 22.2 Å². The van der Waals surface area contributed by atoms with E-state index in [0.717, 1.165) is 5.56 Å². The Balaban J connectivity index is 1.98. The van der Waals surface area contributed by atoms with Gasteiger partial charge in [0.25, 0.3) is 0 Å². The molecule has 0 saturated heterocycles. The van der Waals surface area contributed by atoms with Crippen LogP contribution >= 0.6 is 15.9 Å². The third kappa shape index (κ3) is 3.39. The van der Waals surface area contributed by atoms with Gasteiger partial charge in [0.15, 0.2) is 0 Å². The Morgan fingerprint density at radius 2 is 2.00 bits per heavy atom. The van der Waals surface area contributed by atoms with Crippen LogP contribution in [0.3, 0.4) is 0 Å². The van der Waals surface area contributed by atoms with E-state index in [-0.39, 0.29) is 18.0 Å². The van der Waals surface area contributed by atoms with E-state index < -0.39 is 12.1 Å². The van der Waals surface area contributed by atoms with Gasteiger partial charge in [-0.15, -0.1) is 0 Å². The molecule has 7 heteroatoms. The number of aromatic nitrogens is 1. The van der Waals surface area contributed by atoms with Gasteiger partial charge in [-0.25, -0.2) is 9.59 Å². The quantitative estimate of drug-likeness (QED) is 0.798. The Labute approximate surface area is 122 Å². The third-order valence-corrected chi connectivity index (χ3v) is 3.11. The summed E-state index contributed by atoms with van der Waals surface area (Å²) in [6, 6.07) is 9.17. The normalized spacial score (nSPS) is 10.1. The van der Waals surface area contributed by atoms with Gasteiger partial charge < -0.3 is 14.8 Å². The minimum absolute atomic E-state index is 0.108. The molecule has 3 N–H and O–H groups in total. The zero-order valence-corrected chi connectivity index (χ0v) is 11.8. The van der Waals surface area contributed by atoms with Crippen LogP contribution in [-0.2, 0) is 11.3 Å². The molecule has 0 aliphatic carbocycles. The van der Waals surface area contributed by atoms with Crippen molar-refractivity contribution in [3.63, 3.8) is 0 Å². The molecule has 0 aliphatic heterocycles. The minimum Gasteiger partial charge on any atom is -0.477 e. The first-order chi connectivity index (χ1) is 9.58. The summed E-state index contributed by atoms with van der Waals surface area (Å²) in [5.41, 5.74) is 0.860. The number of aromatic amines is 1. The number of carboxylic acid groups (broad SMARTS) is 1. The molecule has 2 aromatic rings. The molecular formula is C13H11BrN2O4. The van der Waals surface area contributed by atoms with Crippen molar-refractivity contribution in [3.8, 4) is 0 Å². The van der Waals surface area contributed by atoms with Gasteiger partial charge in [0.05, 0.1) is 10.2 Å². The number of aromatic carboxylic acids is 1. The summed E-state index contributed by atoms with van der Waals surface area (Å²) >= 11 is 3.15. The molecule has 0 fully saturated rings. The predicted octanol–water partition coefficient (Wildman–Crippen LogP) is 3.22. The molecule has 0 bridgehead atoms. The summed E-state index contributed by atoms with van der Waals surface area (Å²) in [6.45, 7) is 0.108. The number of ether oxygens (including phenoxy) is 1. The van der Waals surface area contributed by atoms with E-state index in [1.165, 1.54) is 6.20 Å². The summed E-state index contributed by atoms with van der Waals surface area (Å²) in [6.07, 6.45) is 0.702. The summed E-state index contributed by atoms with van der Waals surface area (Å²) in [7, 11) is 0. The fraction of sp³-hybridized carbons (Fsp3) is 0.0769. The molecule has 0 unspecified atom stereocenters. The van der Waals surface area contributed by atoms with Gasteiger partial charge in [-0.1, -0.05) is 30.3 Å². The van der Waals surface area contributed by atoms with Crippen LogP contribution in [0.5, 0.6) is 0 Å². The molecule has 0 radical (unpaired) electrons. The highest BCUT2D eigenvalue weighted by atomic mass is 79.9. The summed E-state index contributed by atoms with van der Waals surface area (Å²) in [5.74, 6) is -1.17. The standard InChI is InChI=1S/C13H11BrN2O4/c14-9-6-15-11(12(17)18)10(9)16-13(19)20-7-8-4-2-1-3-5-8/h1-6,15H,7H2,(H,16,19)(H,17,18). The number of nitrogens with one attached hydrogen (secondary N) is 2. The highest BCUT2D eigenvalue weighted by molar-refractivity contribution is 9.10. The maximum absolute atomic E-state index is 11.6. The lowest BCUT2D eigenvalue weighted by Gasteiger charge is -2.07. The first kappa shape index (κ1) is 14.1. The van der Waals surface area contributed by atoms with Crippen molar-refractivity contribution in [2.45, 2.75) is 6.61 Å². The number of H-pyrrole nitrogens is 1. The number of carboxylic acids is 1. The number of rotatable bonds is 4. The fourth-order valence-corrected chi connectivity index (χ4v) is 1.96. The lowest BCUT2D eigenvalue weighted by atomic mass is 10.2. The minimum atomic E-state index is -1.17. The first-order valence-electron chi connectivity index (χ1n) is 5.66. The van der Waals surface area contributed by atoms with Crippen LogP contribution in [0, 0.1) is 0 Å². The van der Waals surface area contributed by atoms with Crippen molar-refractivity contribution in [1.82, 2.24) is 4.98 Å². The maximum Gasteiger partial charge on any atom is 0.412 e. The number of benzene rings is 1. The molecule has 104 valence electrons. The largest absolute Gasteiger partial charge is 0.477 e. The fourth-order valence-electron chi connectivity index (χ4n) is 1.55. The van der Waals surface area contributed by atoms with Gasteiger partial charge in [0.1, 0.15) is 12.3 Å². The number of carbonyl (C=O) groups excluding carboxylic acids is 1. The van der Waals surface area contributed by atoms with E-state index in [9.17, 15) is 9.59 Å². The molecular weight excluding hydrogens is 328 g/mol. The predicted molar refractivity (Wildman–Crippen MR) is 75.7 cm³/mol. The Hall–Kier alpha value is -2.28. The van der Waals surface area contributed by atoms with Crippen LogP contribution in [0.15, 0.2) is 41.0 Å². The van der Waals surface area contributed by atoms with E-state index in [4.69, 9.17) is 9.84 Å². The third-order valence-electron chi connectivity index (χ3n) is 2.49. The Kier molecular flexibility index (Phi) is 4.41. The Morgan fingerprint density at radius 3 is 2.65 bits per heavy atom. The lowest BCUT2D eigenvalue weighted by molar-refractivity contribution is 0.0692. The van der Waals surface area contributed by atoms with Crippen LogP contribution in [0.2, 0.25) is 0 Å². The van der Waals surface area contributed by atoms with E-state index in [2.05, 4.69) is 26.2 Å². The van der Waals surface area contributed by atoms with E-state index in [1.807, 2.05) is 30.3 Å². The lowest BCUT2D eigenvalue weighted by Crippen LogP contribution is -2.15. The highest BCUT2D eigenvalue weighted by Crippen LogP contribution is 2.26. The number of hydrogen-bond acceptors (Lipinski definition) is 3. The maximum atomic E-state index is 11.6. The van der Waals surface area contributed by atoms with Crippen molar-refractivity contribution in [1.29, 1.82) is 0 Å². The summed E-state index contributed by atoms with van der Waals surface area (Å²) in [5, 5.41) is 11.3. The number of anilines is 1. The van der Waals surface area contributed by atoms with Gasteiger partial charge in [-0.2, -0.15) is 0 Å². The summed E-state index contributed by atoms with van der Waals surface area (Å²) < 4.78 is 5.45. The molecule has 0 saturated carbocycles. The molecule has 0 spiro atoms.